The zero-order chi connectivity index (χ0) is 12.0. The van der Waals surface area contributed by atoms with Gasteiger partial charge in [0.2, 0.25) is 0 Å². The first-order valence-corrected chi connectivity index (χ1v) is 6.52. The van der Waals surface area contributed by atoms with Gasteiger partial charge in [-0.2, -0.15) is 0 Å². The molecule has 3 heteroatoms. The molecule has 1 aromatic heterocycles. The third-order valence-corrected chi connectivity index (χ3v) is 4.11. The third-order valence-electron chi connectivity index (χ3n) is 4.11. The van der Waals surface area contributed by atoms with Gasteiger partial charge in [-0.3, -0.25) is 0 Å². The minimum absolute atomic E-state index is 0.196. The SMILES string of the molecule is CC1(C)Cc2c(ccn2C2CCOC2)C(O)C1. The lowest BCUT2D eigenvalue weighted by Gasteiger charge is -2.34. The smallest absolute Gasteiger partial charge is 0.0812 e. The quantitative estimate of drug-likeness (QED) is 0.811. The summed E-state index contributed by atoms with van der Waals surface area (Å²) in [5.41, 5.74) is 2.66. The Morgan fingerprint density at radius 3 is 3.00 bits per heavy atom. The predicted octanol–water partition coefficient (Wildman–Crippen LogP) is 2.46. The van der Waals surface area contributed by atoms with Crippen LogP contribution in [0.2, 0.25) is 0 Å². The number of aliphatic hydroxyl groups excluding tert-OH is 1. The van der Waals surface area contributed by atoms with Gasteiger partial charge in [0.25, 0.3) is 0 Å². The summed E-state index contributed by atoms with van der Waals surface area (Å²) < 4.78 is 7.81. The maximum Gasteiger partial charge on any atom is 0.0812 e. The number of aliphatic hydroxyl groups is 1. The molecule has 2 unspecified atom stereocenters. The molecule has 1 aromatic rings. The molecule has 0 aromatic carbocycles. The van der Waals surface area contributed by atoms with E-state index < -0.39 is 0 Å². The van der Waals surface area contributed by atoms with Crippen LogP contribution in [0.25, 0.3) is 0 Å². The number of hydrogen-bond acceptors (Lipinski definition) is 2. The molecule has 2 aliphatic rings. The minimum atomic E-state index is -0.294. The summed E-state index contributed by atoms with van der Waals surface area (Å²) >= 11 is 0. The largest absolute Gasteiger partial charge is 0.388 e. The Bertz CT molecular complexity index is 416. The van der Waals surface area contributed by atoms with Crippen molar-refractivity contribution in [1.29, 1.82) is 0 Å². The van der Waals surface area contributed by atoms with Crippen LogP contribution in [0.5, 0.6) is 0 Å². The van der Waals surface area contributed by atoms with Crippen molar-refractivity contribution >= 4 is 0 Å². The van der Waals surface area contributed by atoms with Crippen molar-refractivity contribution in [3.05, 3.63) is 23.5 Å². The Morgan fingerprint density at radius 2 is 2.29 bits per heavy atom. The van der Waals surface area contributed by atoms with Gasteiger partial charge in [0.15, 0.2) is 0 Å². The summed E-state index contributed by atoms with van der Waals surface area (Å²) in [5, 5.41) is 10.2. The first-order valence-electron chi connectivity index (χ1n) is 6.52. The highest BCUT2D eigenvalue weighted by molar-refractivity contribution is 5.29. The first-order chi connectivity index (χ1) is 8.07. The number of hydrogen-bond donors (Lipinski definition) is 1. The number of rotatable bonds is 1. The molecule has 2 heterocycles. The van der Waals surface area contributed by atoms with Crippen LogP contribution in [0.1, 0.15) is 50.1 Å². The Labute approximate surface area is 102 Å². The molecule has 0 spiro atoms. The summed E-state index contributed by atoms with van der Waals surface area (Å²) in [7, 11) is 0. The molecule has 0 amide bonds. The van der Waals surface area contributed by atoms with Crippen molar-refractivity contribution in [2.24, 2.45) is 5.41 Å². The monoisotopic (exact) mass is 235 g/mol. The van der Waals surface area contributed by atoms with Gasteiger partial charge in [-0.1, -0.05) is 13.8 Å². The van der Waals surface area contributed by atoms with Crippen LogP contribution in [-0.2, 0) is 11.2 Å². The molecule has 17 heavy (non-hydrogen) atoms. The zero-order valence-corrected chi connectivity index (χ0v) is 10.6. The lowest BCUT2D eigenvalue weighted by molar-refractivity contribution is 0.0971. The number of ether oxygens (including phenoxy) is 1. The molecule has 0 radical (unpaired) electrons. The highest BCUT2D eigenvalue weighted by atomic mass is 16.5. The number of aromatic nitrogens is 1. The highest BCUT2D eigenvalue weighted by Gasteiger charge is 2.34. The van der Waals surface area contributed by atoms with Crippen LogP contribution in [0.15, 0.2) is 12.3 Å². The molecule has 94 valence electrons. The van der Waals surface area contributed by atoms with Crippen LogP contribution in [0, 0.1) is 5.41 Å². The van der Waals surface area contributed by atoms with Gasteiger partial charge < -0.3 is 14.4 Å². The van der Waals surface area contributed by atoms with E-state index in [1.54, 1.807) is 0 Å². The standard InChI is InChI=1S/C14H21NO2/c1-14(2)7-12-11(13(16)8-14)3-5-15(12)10-4-6-17-9-10/h3,5,10,13,16H,4,6-9H2,1-2H3. The minimum Gasteiger partial charge on any atom is -0.388 e. The van der Waals surface area contributed by atoms with Crippen LogP contribution in [0.4, 0.5) is 0 Å². The van der Waals surface area contributed by atoms with E-state index in [-0.39, 0.29) is 11.5 Å². The molecular formula is C14H21NO2. The molecule has 1 N–H and O–H groups in total. The molecule has 3 nitrogen and oxygen atoms in total. The van der Waals surface area contributed by atoms with Gasteiger partial charge in [-0.25, -0.2) is 0 Å². The van der Waals surface area contributed by atoms with Crippen LogP contribution in [-0.4, -0.2) is 22.9 Å². The Kier molecular flexibility index (Phi) is 2.56. The lowest BCUT2D eigenvalue weighted by Crippen LogP contribution is -2.27. The molecule has 0 saturated carbocycles. The van der Waals surface area contributed by atoms with E-state index in [1.807, 2.05) is 0 Å². The fourth-order valence-corrected chi connectivity index (χ4v) is 3.23. The number of fused-ring (bicyclic) bond motifs is 1. The second kappa shape index (κ2) is 3.85. The second-order valence-electron chi connectivity index (χ2n) is 6.20. The van der Waals surface area contributed by atoms with E-state index in [0.717, 1.165) is 38.0 Å². The Morgan fingerprint density at radius 1 is 1.47 bits per heavy atom. The molecule has 3 rings (SSSR count). The van der Waals surface area contributed by atoms with Gasteiger partial charge in [-0.15, -0.1) is 0 Å². The van der Waals surface area contributed by atoms with E-state index in [9.17, 15) is 5.11 Å². The van der Waals surface area contributed by atoms with E-state index in [0.29, 0.717) is 6.04 Å². The summed E-state index contributed by atoms with van der Waals surface area (Å²) in [4.78, 5) is 0. The third kappa shape index (κ3) is 1.91. The Hall–Kier alpha value is -0.800. The van der Waals surface area contributed by atoms with Crippen LogP contribution >= 0.6 is 0 Å². The van der Waals surface area contributed by atoms with E-state index >= 15 is 0 Å². The maximum absolute atomic E-state index is 10.2. The molecule has 0 bridgehead atoms. The van der Waals surface area contributed by atoms with E-state index in [1.165, 1.54) is 5.69 Å². The van der Waals surface area contributed by atoms with Crippen molar-refractivity contribution in [2.75, 3.05) is 13.2 Å². The molecule has 1 aliphatic carbocycles. The van der Waals surface area contributed by atoms with Crippen molar-refractivity contribution in [2.45, 2.75) is 45.3 Å². The molecule has 1 fully saturated rings. The molecule has 2 atom stereocenters. The predicted molar refractivity (Wildman–Crippen MR) is 66.0 cm³/mol. The fourth-order valence-electron chi connectivity index (χ4n) is 3.23. The van der Waals surface area contributed by atoms with Gasteiger partial charge >= 0.3 is 0 Å². The van der Waals surface area contributed by atoms with Gasteiger partial charge in [0, 0.05) is 24.1 Å². The average molecular weight is 235 g/mol. The highest BCUT2D eigenvalue weighted by Crippen LogP contribution is 2.42. The van der Waals surface area contributed by atoms with Gasteiger partial charge in [-0.05, 0) is 30.7 Å². The second-order valence-corrected chi connectivity index (χ2v) is 6.20. The summed E-state index contributed by atoms with van der Waals surface area (Å²) in [5.74, 6) is 0. The molecular weight excluding hydrogens is 214 g/mol. The topological polar surface area (TPSA) is 34.4 Å². The molecule has 1 aliphatic heterocycles. The van der Waals surface area contributed by atoms with Gasteiger partial charge in [0.1, 0.15) is 0 Å². The average Bonchev–Trinajstić information content (AvgIpc) is 2.82. The normalized spacial score (nSPS) is 31.5. The van der Waals surface area contributed by atoms with Crippen LogP contribution in [0.3, 0.4) is 0 Å². The van der Waals surface area contributed by atoms with Crippen molar-refractivity contribution in [1.82, 2.24) is 4.57 Å². The summed E-state index contributed by atoms with van der Waals surface area (Å²) in [6, 6.07) is 2.56. The fraction of sp³-hybridized carbons (Fsp3) is 0.714. The van der Waals surface area contributed by atoms with Crippen LogP contribution < -0.4 is 0 Å². The van der Waals surface area contributed by atoms with Crippen molar-refractivity contribution in [3.63, 3.8) is 0 Å². The Balaban J connectivity index is 1.98. The summed E-state index contributed by atoms with van der Waals surface area (Å²) in [6.45, 7) is 6.16. The molecule has 1 saturated heterocycles. The summed E-state index contributed by atoms with van der Waals surface area (Å²) in [6.07, 6.45) is 4.86. The van der Waals surface area contributed by atoms with Crippen molar-refractivity contribution in [3.8, 4) is 0 Å². The van der Waals surface area contributed by atoms with Gasteiger partial charge in [0.05, 0.1) is 18.8 Å². The van der Waals surface area contributed by atoms with E-state index in [4.69, 9.17) is 4.74 Å². The van der Waals surface area contributed by atoms with E-state index in [2.05, 4.69) is 30.7 Å². The zero-order valence-electron chi connectivity index (χ0n) is 10.6. The number of nitrogens with zero attached hydrogens (tertiary/aromatic N) is 1. The van der Waals surface area contributed by atoms with Crippen molar-refractivity contribution < 1.29 is 9.84 Å². The maximum atomic E-state index is 10.2. The lowest BCUT2D eigenvalue weighted by atomic mass is 9.75. The first kappa shape index (κ1) is 11.3.